The van der Waals surface area contributed by atoms with Gasteiger partial charge in [-0.25, -0.2) is 0 Å². The average Bonchev–Trinajstić information content (AvgIpc) is 2.45. The second kappa shape index (κ2) is 7.44. The topological polar surface area (TPSA) is 15.3 Å². The predicted octanol–water partition coefficient (Wildman–Crippen LogP) is 4.11. The molecule has 3 heteroatoms. The van der Waals surface area contributed by atoms with Crippen molar-refractivity contribution in [1.29, 1.82) is 0 Å². The summed E-state index contributed by atoms with van der Waals surface area (Å²) in [6.45, 7) is 10.2. The predicted molar refractivity (Wildman–Crippen MR) is 87.3 cm³/mol. The minimum absolute atomic E-state index is 0.408. The van der Waals surface area contributed by atoms with Crippen LogP contribution >= 0.6 is 11.6 Å². The summed E-state index contributed by atoms with van der Waals surface area (Å²) >= 11 is 6.34. The molecule has 2 unspecified atom stereocenters. The van der Waals surface area contributed by atoms with Crippen LogP contribution in [-0.2, 0) is 0 Å². The normalized spacial score (nSPS) is 22.1. The summed E-state index contributed by atoms with van der Waals surface area (Å²) in [5.41, 5.74) is 1.26. The van der Waals surface area contributed by atoms with Gasteiger partial charge in [0.05, 0.1) is 0 Å². The van der Waals surface area contributed by atoms with E-state index in [4.69, 9.17) is 11.6 Å². The van der Waals surface area contributed by atoms with Crippen LogP contribution in [0.1, 0.15) is 45.2 Å². The molecule has 0 radical (unpaired) electrons. The highest BCUT2D eigenvalue weighted by Gasteiger charge is 2.25. The Labute approximate surface area is 128 Å². The molecule has 0 bridgehead atoms. The van der Waals surface area contributed by atoms with Gasteiger partial charge in [-0.2, -0.15) is 0 Å². The monoisotopic (exact) mass is 294 g/mol. The SMILES string of the molecule is CC(C)NCC1CCCN(C(C)c2ccccc2Cl)C1. The number of nitrogens with zero attached hydrogens (tertiary/aromatic N) is 1. The molecule has 1 heterocycles. The van der Waals surface area contributed by atoms with Crippen LogP contribution in [0.15, 0.2) is 24.3 Å². The van der Waals surface area contributed by atoms with Crippen molar-refractivity contribution in [3.8, 4) is 0 Å². The van der Waals surface area contributed by atoms with Gasteiger partial charge in [-0.3, -0.25) is 4.90 Å². The quantitative estimate of drug-likeness (QED) is 0.879. The minimum atomic E-state index is 0.408. The van der Waals surface area contributed by atoms with Crippen molar-refractivity contribution in [3.05, 3.63) is 34.9 Å². The van der Waals surface area contributed by atoms with Gasteiger partial charge in [0.15, 0.2) is 0 Å². The summed E-state index contributed by atoms with van der Waals surface area (Å²) in [4.78, 5) is 2.58. The molecule has 0 aliphatic carbocycles. The van der Waals surface area contributed by atoms with E-state index in [1.54, 1.807) is 0 Å². The van der Waals surface area contributed by atoms with E-state index in [0.29, 0.717) is 12.1 Å². The van der Waals surface area contributed by atoms with Gasteiger partial charge in [-0.1, -0.05) is 43.6 Å². The molecule has 2 rings (SSSR count). The molecule has 1 fully saturated rings. The number of piperidine rings is 1. The molecule has 0 spiro atoms. The second-order valence-electron chi connectivity index (χ2n) is 6.26. The van der Waals surface area contributed by atoms with E-state index in [1.165, 1.54) is 31.5 Å². The fourth-order valence-electron chi connectivity index (χ4n) is 3.03. The largest absolute Gasteiger partial charge is 0.314 e. The van der Waals surface area contributed by atoms with Crippen molar-refractivity contribution >= 4 is 11.6 Å². The molecule has 0 saturated carbocycles. The number of benzene rings is 1. The molecule has 112 valence electrons. The first-order valence-electron chi connectivity index (χ1n) is 7.79. The summed E-state index contributed by atoms with van der Waals surface area (Å²) in [7, 11) is 0. The lowest BCUT2D eigenvalue weighted by atomic mass is 9.95. The van der Waals surface area contributed by atoms with Gasteiger partial charge in [0.1, 0.15) is 0 Å². The van der Waals surface area contributed by atoms with Crippen LogP contribution in [0.5, 0.6) is 0 Å². The fraction of sp³-hybridized carbons (Fsp3) is 0.647. The molecule has 0 aromatic heterocycles. The number of rotatable bonds is 5. The van der Waals surface area contributed by atoms with E-state index in [-0.39, 0.29) is 0 Å². The Morgan fingerprint density at radius 2 is 2.05 bits per heavy atom. The van der Waals surface area contributed by atoms with Crippen molar-refractivity contribution < 1.29 is 0 Å². The molecule has 1 aromatic carbocycles. The number of nitrogens with one attached hydrogen (secondary N) is 1. The smallest absolute Gasteiger partial charge is 0.0453 e. The first kappa shape index (κ1) is 15.8. The van der Waals surface area contributed by atoms with Gasteiger partial charge < -0.3 is 5.32 Å². The standard InChI is InChI=1S/C17H27ClN2/c1-13(2)19-11-15-7-6-10-20(12-15)14(3)16-8-4-5-9-17(16)18/h4-5,8-9,13-15,19H,6-7,10-12H2,1-3H3. The Morgan fingerprint density at radius 3 is 2.75 bits per heavy atom. The maximum Gasteiger partial charge on any atom is 0.0453 e. The molecule has 1 aromatic rings. The number of hydrogen-bond acceptors (Lipinski definition) is 2. The lowest BCUT2D eigenvalue weighted by molar-refractivity contribution is 0.129. The Hall–Kier alpha value is -0.570. The maximum atomic E-state index is 6.34. The molecular formula is C17H27ClN2. The van der Waals surface area contributed by atoms with E-state index in [9.17, 15) is 0 Å². The van der Waals surface area contributed by atoms with Crippen LogP contribution in [0.2, 0.25) is 5.02 Å². The summed E-state index contributed by atoms with van der Waals surface area (Å²) in [5, 5.41) is 4.46. The highest BCUT2D eigenvalue weighted by molar-refractivity contribution is 6.31. The summed E-state index contributed by atoms with van der Waals surface area (Å²) < 4.78 is 0. The van der Waals surface area contributed by atoms with Gasteiger partial charge >= 0.3 is 0 Å². The lowest BCUT2D eigenvalue weighted by Crippen LogP contribution is -2.42. The van der Waals surface area contributed by atoms with Gasteiger partial charge in [0.25, 0.3) is 0 Å². The zero-order valence-corrected chi connectivity index (χ0v) is 13.7. The van der Waals surface area contributed by atoms with Crippen LogP contribution < -0.4 is 5.32 Å². The van der Waals surface area contributed by atoms with Crippen LogP contribution in [0.25, 0.3) is 0 Å². The lowest BCUT2D eigenvalue weighted by Gasteiger charge is -2.37. The van der Waals surface area contributed by atoms with E-state index >= 15 is 0 Å². The van der Waals surface area contributed by atoms with Gasteiger partial charge in [0, 0.05) is 23.7 Å². The van der Waals surface area contributed by atoms with Gasteiger partial charge in [0.2, 0.25) is 0 Å². The third kappa shape index (κ3) is 4.21. The summed E-state index contributed by atoms with van der Waals surface area (Å²) in [5.74, 6) is 0.760. The Balaban J connectivity index is 1.96. The number of halogens is 1. The molecular weight excluding hydrogens is 268 g/mol. The highest BCUT2D eigenvalue weighted by Crippen LogP contribution is 2.30. The minimum Gasteiger partial charge on any atom is -0.314 e. The third-order valence-electron chi connectivity index (χ3n) is 4.27. The molecule has 0 amide bonds. The van der Waals surface area contributed by atoms with Crippen LogP contribution in [-0.4, -0.2) is 30.6 Å². The first-order chi connectivity index (χ1) is 9.58. The van der Waals surface area contributed by atoms with Crippen molar-refractivity contribution in [2.75, 3.05) is 19.6 Å². The number of likely N-dealkylation sites (tertiary alicyclic amines) is 1. The Bertz CT molecular complexity index is 419. The van der Waals surface area contributed by atoms with Crippen LogP contribution in [0.4, 0.5) is 0 Å². The van der Waals surface area contributed by atoms with Crippen molar-refractivity contribution in [3.63, 3.8) is 0 Å². The van der Waals surface area contributed by atoms with Crippen molar-refractivity contribution in [2.24, 2.45) is 5.92 Å². The number of hydrogen-bond donors (Lipinski definition) is 1. The maximum absolute atomic E-state index is 6.34. The molecule has 2 atom stereocenters. The average molecular weight is 295 g/mol. The van der Waals surface area contributed by atoms with Crippen LogP contribution in [0.3, 0.4) is 0 Å². The summed E-state index contributed by atoms with van der Waals surface area (Å²) in [6.07, 6.45) is 2.63. The van der Waals surface area contributed by atoms with E-state index in [0.717, 1.165) is 17.5 Å². The van der Waals surface area contributed by atoms with Gasteiger partial charge in [-0.05, 0) is 50.4 Å². The van der Waals surface area contributed by atoms with E-state index in [1.807, 2.05) is 12.1 Å². The first-order valence-corrected chi connectivity index (χ1v) is 8.17. The van der Waals surface area contributed by atoms with Crippen LogP contribution in [0, 0.1) is 5.92 Å². The molecule has 1 N–H and O–H groups in total. The van der Waals surface area contributed by atoms with E-state index in [2.05, 4.69) is 43.1 Å². The molecule has 2 nitrogen and oxygen atoms in total. The zero-order valence-electron chi connectivity index (χ0n) is 12.9. The second-order valence-corrected chi connectivity index (χ2v) is 6.67. The van der Waals surface area contributed by atoms with Crippen molar-refractivity contribution in [2.45, 2.75) is 45.7 Å². The zero-order chi connectivity index (χ0) is 14.5. The molecule has 1 aliphatic rings. The van der Waals surface area contributed by atoms with Gasteiger partial charge in [-0.15, -0.1) is 0 Å². The fourth-order valence-corrected chi connectivity index (χ4v) is 3.32. The summed E-state index contributed by atoms with van der Waals surface area (Å²) in [6, 6.07) is 9.22. The molecule has 1 saturated heterocycles. The van der Waals surface area contributed by atoms with Crippen molar-refractivity contribution in [1.82, 2.24) is 10.2 Å². The Kier molecular flexibility index (Phi) is 5.88. The Morgan fingerprint density at radius 1 is 1.30 bits per heavy atom. The molecule has 20 heavy (non-hydrogen) atoms. The molecule has 1 aliphatic heterocycles. The van der Waals surface area contributed by atoms with E-state index < -0.39 is 0 Å². The highest BCUT2D eigenvalue weighted by atomic mass is 35.5. The third-order valence-corrected chi connectivity index (χ3v) is 4.61.